The summed E-state index contributed by atoms with van der Waals surface area (Å²) >= 11 is 0. The zero-order chi connectivity index (χ0) is 20.0. The van der Waals surface area contributed by atoms with Crippen molar-refractivity contribution < 1.29 is 13.2 Å². The number of carbonyl (C=O) groups is 1. The molecule has 3 rings (SSSR count). The van der Waals surface area contributed by atoms with Crippen LogP contribution in [0.1, 0.15) is 17.7 Å². The summed E-state index contributed by atoms with van der Waals surface area (Å²) < 4.78 is 28.4. The van der Waals surface area contributed by atoms with Crippen LogP contribution in [0.25, 0.3) is 5.69 Å². The van der Waals surface area contributed by atoms with Crippen molar-refractivity contribution in [2.45, 2.75) is 24.8 Å². The Labute approximate surface area is 162 Å². The molecule has 0 aliphatic carbocycles. The van der Waals surface area contributed by atoms with E-state index in [1.807, 2.05) is 19.1 Å². The number of nitrogens with one attached hydrogen (secondary N) is 2. The Balaban J connectivity index is 1.46. The van der Waals surface area contributed by atoms with Crippen LogP contribution in [0.3, 0.4) is 0 Å². The second-order valence-corrected chi connectivity index (χ2v) is 7.87. The Morgan fingerprint density at radius 2 is 2.07 bits per heavy atom. The summed E-state index contributed by atoms with van der Waals surface area (Å²) in [5, 5.41) is 10.7. The minimum absolute atomic E-state index is 0.00445. The highest BCUT2D eigenvalue weighted by Crippen LogP contribution is 2.10. The lowest BCUT2D eigenvalue weighted by molar-refractivity contribution is -0.121. The van der Waals surface area contributed by atoms with E-state index in [9.17, 15) is 13.2 Å². The van der Waals surface area contributed by atoms with E-state index in [-0.39, 0.29) is 30.3 Å². The molecule has 9 nitrogen and oxygen atoms in total. The summed E-state index contributed by atoms with van der Waals surface area (Å²) in [5.41, 5.74) is 2.19. The molecule has 3 aromatic rings. The normalized spacial score (nSPS) is 11.3. The van der Waals surface area contributed by atoms with E-state index in [1.54, 1.807) is 41.5 Å². The summed E-state index contributed by atoms with van der Waals surface area (Å²) in [5.74, 6) is -0.289. The number of carbonyl (C=O) groups excluding carboxylic acids is 1. The molecule has 2 heterocycles. The number of rotatable bonds is 8. The summed E-state index contributed by atoms with van der Waals surface area (Å²) in [7, 11) is -3.63. The molecule has 28 heavy (non-hydrogen) atoms. The first-order valence-electron chi connectivity index (χ1n) is 8.59. The molecule has 0 radical (unpaired) electrons. The number of hydrogen-bond donors (Lipinski definition) is 2. The third kappa shape index (κ3) is 5.21. The Bertz CT molecular complexity index is 1050. The highest BCUT2D eigenvalue weighted by atomic mass is 32.2. The van der Waals surface area contributed by atoms with Gasteiger partial charge in [0, 0.05) is 19.2 Å². The lowest BCUT2D eigenvalue weighted by Crippen LogP contribution is -2.30. The number of nitrogens with zero attached hydrogens (tertiary/aromatic N) is 4. The molecular formula is C18H20N6O3S. The highest BCUT2D eigenvalue weighted by molar-refractivity contribution is 7.89. The van der Waals surface area contributed by atoms with Crippen LogP contribution >= 0.6 is 0 Å². The van der Waals surface area contributed by atoms with Crippen LogP contribution in [0.2, 0.25) is 0 Å². The largest absolute Gasteiger partial charge is 0.350 e. The second kappa shape index (κ2) is 8.72. The van der Waals surface area contributed by atoms with E-state index >= 15 is 0 Å². The number of amides is 1. The molecule has 0 atom stereocenters. The van der Waals surface area contributed by atoms with Crippen molar-refractivity contribution in [2.75, 3.05) is 6.54 Å². The number of benzene rings is 1. The highest BCUT2D eigenvalue weighted by Gasteiger charge is 2.14. The van der Waals surface area contributed by atoms with Gasteiger partial charge < -0.3 is 5.32 Å². The Kier molecular flexibility index (Phi) is 6.12. The predicted octanol–water partition coefficient (Wildman–Crippen LogP) is 0.956. The van der Waals surface area contributed by atoms with Crippen molar-refractivity contribution in [3.63, 3.8) is 0 Å². The van der Waals surface area contributed by atoms with Crippen LogP contribution in [-0.2, 0) is 21.4 Å². The molecule has 0 unspecified atom stereocenters. The minimum atomic E-state index is -3.63. The van der Waals surface area contributed by atoms with Crippen LogP contribution in [0.4, 0.5) is 0 Å². The Morgan fingerprint density at radius 1 is 1.21 bits per heavy atom. The molecule has 10 heteroatoms. The van der Waals surface area contributed by atoms with Crippen molar-refractivity contribution >= 4 is 15.9 Å². The lowest BCUT2D eigenvalue weighted by Gasteiger charge is -2.07. The number of aromatic nitrogens is 4. The van der Waals surface area contributed by atoms with Gasteiger partial charge in [0.15, 0.2) is 0 Å². The first-order valence-corrected chi connectivity index (χ1v) is 10.1. The van der Waals surface area contributed by atoms with E-state index in [4.69, 9.17) is 0 Å². The Morgan fingerprint density at radius 3 is 2.82 bits per heavy atom. The standard InChI is InChI=1S/C18H20N6O3S/c1-14-4-2-6-17(10-14)28(26,27)21-9-7-18(25)20-11-15-13-24(23-22-15)16-5-3-8-19-12-16/h2-6,8,10,12-13,21H,7,9,11H2,1H3,(H,20,25). The monoisotopic (exact) mass is 400 g/mol. The molecule has 2 aromatic heterocycles. The zero-order valence-corrected chi connectivity index (χ0v) is 16.1. The fourth-order valence-corrected chi connectivity index (χ4v) is 3.57. The number of aryl methyl sites for hydroxylation is 1. The number of pyridine rings is 1. The maximum Gasteiger partial charge on any atom is 0.240 e. The Hall–Kier alpha value is -3.11. The van der Waals surface area contributed by atoms with Crippen LogP contribution < -0.4 is 10.0 Å². The quantitative estimate of drug-likeness (QED) is 0.581. The molecule has 0 saturated heterocycles. The average Bonchev–Trinajstić information content (AvgIpc) is 3.16. The van der Waals surface area contributed by atoms with Gasteiger partial charge in [0.05, 0.1) is 29.5 Å². The predicted molar refractivity (Wildman–Crippen MR) is 102 cm³/mol. The number of sulfonamides is 1. The molecule has 146 valence electrons. The van der Waals surface area contributed by atoms with Crippen LogP contribution in [-0.4, -0.2) is 40.8 Å². The summed E-state index contributed by atoms with van der Waals surface area (Å²) in [4.78, 5) is 16.1. The van der Waals surface area contributed by atoms with Gasteiger partial charge in [-0.1, -0.05) is 17.3 Å². The lowest BCUT2D eigenvalue weighted by atomic mass is 10.2. The van der Waals surface area contributed by atoms with Crippen LogP contribution in [0, 0.1) is 6.92 Å². The first-order chi connectivity index (χ1) is 13.4. The van der Waals surface area contributed by atoms with Crippen molar-refractivity contribution in [3.8, 4) is 5.69 Å². The van der Waals surface area contributed by atoms with Crippen molar-refractivity contribution in [1.82, 2.24) is 30.0 Å². The van der Waals surface area contributed by atoms with E-state index in [2.05, 4.69) is 25.3 Å². The zero-order valence-electron chi connectivity index (χ0n) is 15.2. The third-order valence-electron chi connectivity index (χ3n) is 3.86. The maximum atomic E-state index is 12.2. The topological polar surface area (TPSA) is 119 Å². The maximum absolute atomic E-state index is 12.2. The van der Waals surface area contributed by atoms with Gasteiger partial charge in [-0.2, -0.15) is 0 Å². The smallest absolute Gasteiger partial charge is 0.240 e. The summed E-state index contributed by atoms with van der Waals surface area (Å²) in [6, 6.07) is 10.2. The van der Waals surface area contributed by atoms with Gasteiger partial charge in [-0.3, -0.25) is 9.78 Å². The average molecular weight is 400 g/mol. The summed E-state index contributed by atoms with van der Waals surface area (Å²) in [6.45, 7) is 2.02. The molecule has 0 aliphatic heterocycles. The van der Waals surface area contributed by atoms with Crippen molar-refractivity contribution in [2.24, 2.45) is 0 Å². The van der Waals surface area contributed by atoms with Gasteiger partial charge in [-0.25, -0.2) is 17.8 Å². The molecule has 1 aromatic carbocycles. The van der Waals surface area contributed by atoms with E-state index < -0.39 is 10.0 Å². The summed E-state index contributed by atoms with van der Waals surface area (Å²) in [6.07, 6.45) is 5.02. The molecule has 1 amide bonds. The third-order valence-corrected chi connectivity index (χ3v) is 5.32. The molecule has 0 fully saturated rings. The van der Waals surface area contributed by atoms with Gasteiger partial charge in [0.25, 0.3) is 0 Å². The number of hydrogen-bond acceptors (Lipinski definition) is 6. The molecule has 0 spiro atoms. The van der Waals surface area contributed by atoms with Gasteiger partial charge in [0.2, 0.25) is 15.9 Å². The van der Waals surface area contributed by atoms with Gasteiger partial charge >= 0.3 is 0 Å². The van der Waals surface area contributed by atoms with Crippen LogP contribution in [0.5, 0.6) is 0 Å². The molecular weight excluding hydrogens is 380 g/mol. The van der Waals surface area contributed by atoms with E-state index in [0.29, 0.717) is 5.69 Å². The van der Waals surface area contributed by atoms with Crippen LogP contribution in [0.15, 0.2) is 59.9 Å². The fourth-order valence-electron chi connectivity index (χ4n) is 2.44. The molecule has 0 aliphatic rings. The van der Waals surface area contributed by atoms with Gasteiger partial charge in [-0.15, -0.1) is 5.10 Å². The molecule has 0 saturated carbocycles. The molecule has 0 bridgehead atoms. The minimum Gasteiger partial charge on any atom is -0.350 e. The van der Waals surface area contributed by atoms with Gasteiger partial charge in [0.1, 0.15) is 5.69 Å². The SMILES string of the molecule is Cc1cccc(S(=O)(=O)NCCC(=O)NCc2cn(-c3cccnc3)nn2)c1. The second-order valence-electron chi connectivity index (χ2n) is 6.11. The van der Waals surface area contributed by atoms with E-state index in [1.165, 1.54) is 6.07 Å². The van der Waals surface area contributed by atoms with Crippen molar-refractivity contribution in [1.29, 1.82) is 0 Å². The van der Waals surface area contributed by atoms with E-state index in [0.717, 1.165) is 11.3 Å². The van der Waals surface area contributed by atoms with Crippen molar-refractivity contribution in [3.05, 3.63) is 66.2 Å². The first kappa shape index (κ1) is 19.6. The molecule has 2 N–H and O–H groups in total. The van der Waals surface area contributed by atoms with Gasteiger partial charge in [-0.05, 0) is 36.8 Å². The fraction of sp³-hybridized carbons (Fsp3) is 0.222.